The Morgan fingerprint density at radius 2 is 1.67 bits per heavy atom. The zero-order chi connectivity index (χ0) is 11.7. The number of aliphatic carboxylic acids is 2. The average Bonchev–Trinajstić information content (AvgIpc) is 2.20. The maximum atomic E-state index is 9.72. The molecule has 0 bridgehead atoms. The van der Waals surface area contributed by atoms with Crippen molar-refractivity contribution in [2.75, 3.05) is 13.1 Å². The van der Waals surface area contributed by atoms with Crippen LogP contribution in [0.15, 0.2) is 0 Å². The first-order valence-corrected chi connectivity index (χ1v) is 4.87. The summed E-state index contributed by atoms with van der Waals surface area (Å²) in [6.45, 7) is 2.50. The number of carboxylic acid groups (broad SMARTS) is 2. The van der Waals surface area contributed by atoms with Crippen LogP contribution in [0.5, 0.6) is 0 Å². The van der Waals surface area contributed by atoms with Crippen LogP contribution in [0, 0.1) is 0 Å². The van der Waals surface area contributed by atoms with Crippen molar-refractivity contribution in [3.63, 3.8) is 0 Å². The number of hydrogen-bond donors (Lipinski definition) is 4. The second kappa shape index (κ2) is 8.19. The molecular weight excluding hydrogens is 202 g/mol. The van der Waals surface area contributed by atoms with Gasteiger partial charge in [-0.05, 0) is 25.9 Å². The van der Waals surface area contributed by atoms with Gasteiger partial charge in [-0.1, -0.05) is 6.42 Å². The van der Waals surface area contributed by atoms with Gasteiger partial charge in [0, 0.05) is 0 Å². The van der Waals surface area contributed by atoms with Crippen LogP contribution >= 0.6 is 0 Å². The Bertz CT molecular complexity index is 191. The summed E-state index contributed by atoms with van der Waals surface area (Å²) in [7, 11) is 0. The molecule has 4 N–H and O–H groups in total. The molecule has 1 rings (SSSR count). The van der Waals surface area contributed by atoms with E-state index in [0.717, 1.165) is 0 Å². The van der Waals surface area contributed by atoms with E-state index in [2.05, 4.69) is 5.32 Å². The van der Waals surface area contributed by atoms with Crippen LogP contribution in [0.4, 0.5) is 0 Å². The van der Waals surface area contributed by atoms with Crippen LogP contribution in [0.1, 0.15) is 25.7 Å². The number of rotatable bonds is 3. The Hall–Kier alpha value is -1.14. The van der Waals surface area contributed by atoms with E-state index < -0.39 is 24.5 Å². The lowest BCUT2D eigenvalue weighted by Crippen LogP contribution is -2.22. The third-order valence-corrected chi connectivity index (χ3v) is 1.86. The van der Waals surface area contributed by atoms with E-state index >= 15 is 0 Å². The maximum absolute atomic E-state index is 9.72. The molecule has 0 amide bonds. The van der Waals surface area contributed by atoms with E-state index in [1.165, 1.54) is 32.4 Å². The van der Waals surface area contributed by atoms with Gasteiger partial charge in [-0.15, -0.1) is 0 Å². The van der Waals surface area contributed by atoms with E-state index in [1.807, 2.05) is 0 Å². The van der Waals surface area contributed by atoms with Crippen LogP contribution in [-0.2, 0) is 9.59 Å². The quantitative estimate of drug-likeness (QED) is 0.517. The zero-order valence-corrected chi connectivity index (χ0v) is 8.48. The lowest BCUT2D eigenvalue weighted by molar-refractivity contribution is -0.152. The summed E-state index contributed by atoms with van der Waals surface area (Å²) >= 11 is 0. The fraction of sp³-hybridized carbons (Fsp3) is 0.778. The number of carboxylic acids is 2. The monoisotopic (exact) mass is 219 g/mol. The van der Waals surface area contributed by atoms with Gasteiger partial charge in [-0.25, -0.2) is 4.79 Å². The van der Waals surface area contributed by atoms with Gasteiger partial charge in [0.25, 0.3) is 0 Å². The van der Waals surface area contributed by atoms with E-state index in [4.69, 9.17) is 15.3 Å². The van der Waals surface area contributed by atoms with Crippen molar-refractivity contribution in [1.29, 1.82) is 0 Å². The van der Waals surface area contributed by atoms with Crippen LogP contribution < -0.4 is 5.32 Å². The molecule has 1 unspecified atom stereocenters. The molecule has 6 heteroatoms. The van der Waals surface area contributed by atoms with Crippen LogP contribution in [0.25, 0.3) is 0 Å². The summed E-state index contributed by atoms with van der Waals surface area (Å²) in [6, 6.07) is 0. The lowest BCUT2D eigenvalue weighted by atomic mass is 10.2. The van der Waals surface area contributed by atoms with Gasteiger partial charge in [0.05, 0.1) is 6.42 Å². The Morgan fingerprint density at radius 1 is 1.13 bits per heavy atom. The third kappa shape index (κ3) is 9.17. The van der Waals surface area contributed by atoms with E-state index in [0.29, 0.717) is 0 Å². The van der Waals surface area contributed by atoms with Gasteiger partial charge in [0.1, 0.15) is 0 Å². The molecule has 1 fully saturated rings. The van der Waals surface area contributed by atoms with Gasteiger partial charge in [-0.2, -0.15) is 0 Å². The predicted molar refractivity (Wildman–Crippen MR) is 52.6 cm³/mol. The fourth-order valence-electron chi connectivity index (χ4n) is 1.05. The fourth-order valence-corrected chi connectivity index (χ4v) is 1.05. The van der Waals surface area contributed by atoms with Gasteiger partial charge < -0.3 is 20.6 Å². The van der Waals surface area contributed by atoms with Crippen molar-refractivity contribution >= 4 is 11.9 Å². The highest BCUT2D eigenvalue weighted by molar-refractivity contribution is 5.79. The molecule has 1 aliphatic rings. The number of hydrogen-bond acceptors (Lipinski definition) is 4. The van der Waals surface area contributed by atoms with Crippen molar-refractivity contribution in [3.05, 3.63) is 0 Å². The molecule has 15 heavy (non-hydrogen) atoms. The summed E-state index contributed by atoms with van der Waals surface area (Å²) in [5, 5.41) is 27.4. The van der Waals surface area contributed by atoms with E-state index in [1.54, 1.807) is 0 Å². The lowest BCUT2D eigenvalue weighted by Gasteiger charge is -2.08. The molecule has 1 aliphatic heterocycles. The van der Waals surface area contributed by atoms with Crippen LogP contribution in [0.2, 0.25) is 0 Å². The number of carbonyl (C=O) groups is 2. The summed E-state index contributed by atoms with van der Waals surface area (Å²) < 4.78 is 0. The van der Waals surface area contributed by atoms with Crippen molar-refractivity contribution in [2.45, 2.75) is 31.8 Å². The molecule has 0 aromatic rings. The van der Waals surface area contributed by atoms with Crippen molar-refractivity contribution < 1.29 is 24.9 Å². The molecule has 0 spiro atoms. The molecule has 0 aromatic carbocycles. The first-order valence-electron chi connectivity index (χ1n) is 4.87. The highest BCUT2D eigenvalue weighted by Crippen LogP contribution is 1.96. The van der Waals surface area contributed by atoms with Gasteiger partial charge in [0.2, 0.25) is 0 Å². The number of piperidine rings is 1. The molecule has 0 aromatic heterocycles. The standard InChI is InChI=1S/C5H11N.C4H6O5/c1-2-4-6-5-3-1;5-2(4(8)9)1-3(6)7/h6H,1-5H2;2,5H,1H2,(H,6,7)(H,8,9). The summed E-state index contributed by atoms with van der Waals surface area (Å²) in [4.78, 5) is 19.4. The highest BCUT2D eigenvalue weighted by Gasteiger charge is 2.16. The van der Waals surface area contributed by atoms with Gasteiger partial charge in [-0.3, -0.25) is 4.79 Å². The molecular formula is C9H17NO5. The van der Waals surface area contributed by atoms with Crippen molar-refractivity contribution in [3.8, 4) is 0 Å². The minimum Gasteiger partial charge on any atom is -0.481 e. The maximum Gasteiger partial charge on any atom is 0.333 e. The predicted octanol–water partition coefficient (Wildman–Crippen LogP) is -0.333. The Labute approximate surface area is 87.9 Å². The summed E-state index contributed by atoms with van der Waals surface area (Å²) in [6.07, 6.45) is 1.67. The van der Waals surface area contributed by atoms with Crippen LogP contribution in [-0.4, -0.2) is 46.5 Å². The van der Waals surface area contributed by atoms with E-state index in [9.17, 15) is 9.59 Å². The normalized spacial score (nSPS) is 17.1. The smallest absolute Gasteiger partial charge is 0.333 e. The molecule has 0 saturated carbocycles. The van der Waals surface area contributed by atoms with Crippen molar-refractivity contribution in [1.82, 2.24) is 5.32 Å². The number of aliphatic hydroxyl groups is 1. The first-order chi connectivity index (χ1) is 7.04. The molecule has 1 atom stereocenters. The molecule has 1 heterocycles. The average molecular weight is 219 g/mol. The molecule has 88 valence electrons. The minimum absolute atomic E-state index is 0.755. The zero-order valence-electron chi connectivity index (χ0n) is 8.48. The minimum atomic E-state index is -1.79. The Morgan fingerprint density at radius 3 is 1.80 bits per heavy atom. The van der Waals surface area contributed by atoms with Gasteiger partial charge in [0.15, 0.2) is 6.10 Å². The van der Waals surface area contributed by atoms with Gasteiger partial charge >= 0.3 is 11.9 Å². The van der Waals surface area contributed by atoms with Crippen LogP contribution in [0.3, 0.4) is 0 Å². The summed E-state index contributed by atoms with van der Waals surface area (Å²) in [5.74, 6) is -2.85. The second-order valence-electron chi connectivity index (χ2n) is 3.26. The topological polar surface area (TPSA) is 107 Å². The molecule has 0 aliphatic carbocycles. The number of nitrogens with one attached hydrogen (secondary N) is 1. The largest absolute Gasteiger partial charge is 0.481 e. The molecule has 6 nitrogen and oxygen atoms in total. The summed E-state index contributed by atoms with van der Waals surface area (Å²) in [5.41, 5.74) is 0. The number of aliphatic hydroxyl groups excluding tert-OH is 1. The Kier molecular flexibility index (Phi) is 7.57. The third-order valence-electron chi connectivity index (χ3n) is 1.86. The SMILES string of the molecule is C1CCNCC1.O=C(O)CC(O)C(=O)O. The van der Waals surface area contributed by atoms with Crippen molar-refractivity contribution in [2.24, 2.45) is 0 Å². The van der Waals surface area contributed by atoms with E-state index in [-0.39, 0.29) is 0 Å². The molecule has 0 radical (unpaired) electrons. The highest BCUT2D eigenvalue weighted by atomic mass is 16.4. The Balaban J connectivity index is 0.000000280. The first kappa shape index (κ1) is 13.9. The molecule has 1 saturated heterocycles. The second-order valence-corrected chi connectivity index (χ2v) is 3.26.